The number of rotatable bonds is 8. The molecule has 3 nitrogen and oxygen atoms in total. The molecule has 1 amide bonds. The Hall–Kier alpha value is -2.07. The van der Waals surface area contributed by atoms with Gasteiger partial charge in [0.05, 0.1) is 6.42 Å². The first-order chi connectivity index (χ1) is 13.1. The van der Waals surface area contributed by atoms with Gasteiger partial charge in [0.15, 0.2) is 0 Å². The summed E-state index contributed by atoms with van der Waals surface area (Å²) in [6, 6.07) is 16.7. The zero-order valence-corrected chi connectivity index (χ0v) is 17.7. The minimum Gasteiger partial charge on any atom is -0.343 e. The number of fused-ring (bicyclic) bond motifs is 1. The smallest absolute Gasteiger partial charge is 0.227 e. The molecule has 0 aliphatic heterocycles. The number of aromatic nitrogens is 1. The van der Waals surface area contributed by atoms with Crippen LogP contribution >= 0.6 is 15.9 Å². The van der Waals surface area contributed by atoms with Crippen LogP contribution in [0.4, 0.5) is 0 Å². The van der Waals surface area contributed by atoms with Gasteiger partial charge in [-0.15, -0.1) is 0 Å². The molecule has 0 saturated heterocycles. The first-order valence-electron chi connectivity index (χ1n) is 9.72. The Bertz CT molecular complexity index is 910. The van der Waals surface area contributed by atoms with Gasteiger partial charge < -0.3 is 9.47 Å². The Kier molecular flexibility index (Phi) is 6.73. The average molecular weight is 427 g/mol. The Morgan fingerprint density at radius 3 is 2.33 bits per heavy atom. The van der Waals surface area contributed by atoms with Crippen LogP contribution in [-0.4, -0.2) is 28.5 Å². The zero-order chi connectivity index (χ0) is 19.2. The lowest BCUT2D eigenvalue weighted by atomic mass is 10.1. The molecule has 0 saturated carbocycles. The molecule has 0 aliphatic carbocycles. The molecule has 0 N–H and O–H groups in total. The third kappa shape index (κ3) is 4.62. The van der Waals surface area contributed by atoms with Gasteiger partial charge in [0, 0.05) is 41.2 Å². The van der Waals surface area contributed by atoms with Crippen LogP contribution in [0.15, 0.2) is 59.2 Å². The summed E-state index contributed by atoms with van der Waals surface area (Å²) in [5.74, 6) is 0.225. The van der Waals surface area contributed by atoms with Gasteiger partial charge in [-0.3, -0.25) is 4.79 Å². The van der Waals surface area contributed by atoms with Crippen molar-refractivity contribution in [3.05, 3.63) is 70.3 Å². The van der Waals surface area contributed by atoms with Crippen molar-refractivity contribution in [3.63, 3.8) is 0 Å². The standard InChI is InChI=1S/C23H27BrN2O/c1-3-13-25(14-4-2)23(27)15-19-17-26(22-12-8-6-10-20(19)22)16-18-9-5-7-11-21(18)24/h5-12,17H,3-4,13-16H2,1-2H3. The number of carbonyl (C=O) groups excluding carboxylic acids is 1. The molecule has 0 fully saturated rings. The van der Waals surface area contributed by atoms with Crippen LogP contribution in [0.3, 0.4) is 0 Å². The van der Waals surface area contributed by atoms with Crippen molar-refractivity contribution in [1.29, 1.82) is 0 Å². The minimum absolute atomic E-state index is 0.225. The van der Waals surface area contributed by atoms with Crippen molar-refractivity contribution in [3.8, 4) is 0 Å². The predicted octanol–water partition coefficient (Wildman–Crippen LogP) is 5.64. The second-order valence-electron chi connectivity index (χ2n) is 6.95. The van der Waals surface area contributed by atoms with E-state index in [1.165, 1.54) is 16.5 Å². The van der Waals surface area contributed by atoms with Crippen LogP contribution < -0.4 is 0 Å². The summed E-state index contributed by atoms with van der Waals surface area (Å²) in [5.41, 5.74) is 3.52. The normalized spacial score (nSPS) is 11.1. The number of carbonyl (C=O) groups is 1. The van der Waals surface area contributed by atoms with E-state index < -0.39 is 0 Å². The first kappa shape index (κ1) is 19.7. The second kappa shape index (κ2) is 9.23. The molecule has 0 aliphatic rings. The lowest BCUT2D eigenvalue weighted by molar-refractivity contribution is -0.130. The molecule has 142 valence electrons. The summed E-state index contributed by atoms with van der Waals surface area (Å²) < 4.78 is 3.36. The Balaban J connectivity index is 1.90. The van der Waals surface area contributed by atoms with Crippen LogP contribution in [0, 0.1) is 0 Å². The second-order valence-corrected chi connectivity index (χ2v) is 7.80. The molecule has 0 radical (unpaired) electrons. The molecule has 0 spiro atoms. The van der Waals surface area contributed by atoms with E-state index >= 15 is 0 Å². The van der Waals surface area contributed by atoms with Crippen molar-refractivity contribution in [1.82, 2.24) is 9.47 Å². The first-order valence-corrected chi connectivity index (χ1v) is 10.5. The van der Waals surface area contributed by atoms with Gasteiger partial charge in [-0.1, -0.05) is 66.2 Å². The highest BCUT2D eigenvalue weighted by Crippen LogP contribution is 2.25. The maximum absolute atomic E-state index is 12.9. The molecule has 3 aromatic rings. The molecular weight excluding hydrogens is 400 g/mol. The highest BCUT2D eigenvalue weighted by Gasteiger charge is 2.16. The number of hydrogen-bond acceptors (Lipinski definition) is 1. The topological polar surface area (TPSA) is 25.2 Å². The third-order valence-corrected chi connectivity index (χ3v) is 5.62. The maximum atomic E-state index is 12.9. The molecule has 27 heavy (non-hydrogen) atoms. The largest absolute Gasteiger partial charge is 0.343 e. The summed E-state index contributed by atoms with van der Waals surface area (Å²) in [5, 5.41) is 1.17. The Morgan fingerprint density at radius 2 is 1.63 bits per heavy atom. The van der Waals surface area contributed by atoms with Gasteiger partial charge in [-0.05, 0) is 36.1 Å². The molecule has 3 rings (SSSR count). The number of hydrogen-bond donors (Lipinski definition) is 0. The van der Waals surface area contributed by atoms with Crippen LogP contribution in [0.1, 0.15) is 37.8 Å². The Morgan fingerprint density at radius 1 is 0.963 bits per heavy atom. The van der Waals surface area contributed by atoms with Crippen molar-refractivity contribution in [2.24, 2.45) is 0 Å². The monoisotopic (exact) mass is 426 g/mol. The quantitative estimate of drug-likeness (QED) is 0.457. The molecule has 0 atom stereocenters. The van der Waals surface area contributed by atoms with Crippen LogP contribution in [-0.2, 0) is 17.8 Å². The van der Waals surface area contributed by atoms with E-state index in [9.17, 15) is 4.79 Å². The summed E-state index contributed by atoms with van der Waals surface area (Å²) >= 11 is 3.64. The van der Waals surface area contributed by atoms with Crippen LogP contribution in [0.5, 0.6) is 0 Å². The van der Waals surface area contributed by atoms with Crippen molar-refractivity contribution < 1.29 is 4.79 Å². The molecule has 0 bridgehead atoms. The molecule has 1 heterocycles. The summed E-state index contributed by atoms with van der Waals surface area (Å²) in [6.45, 7) is 6.70. The van der Waals surface area contributed by atoms with Gasteiger partial charge in [0.25, 0.3) is 0 Å². The summed E-state index contributed by atoms with van der Waals surface area (Å²) in [4.78, 5) is 14.9. The minimum atomic E-state index is 0.225. The number of benzene rings is 2. The number of halogens is 1. The molecule has 4 heteroatoms. The van der Waals surface area contributed by atoms with E-state index in [1.54, 1.807) is 0 Å². The fraction of sp³-hybridized carbons (Fsp3) is 0.348. The van der Waals surface area contributed by atoms with Crippen molar-refractivity contribution in [2.45, 2.75) is 39.7 Å². The van der Waals surface area contributed by atoms with E-state index in [1.807, 2.05) is 11.0 Å². The Labute approximate surface area is 170 Å². The van der Waals surface area contributed by atoms with Gasteiger partial charge >= 0.3 is 0 Å². The van der Waals surface area contributed by atoms with Crippen molar-refractivity contribution >= 4 is 32.7 Å². The zero-order valence-electron chi connectivity index (χ0n) is 16.1. The number of amides is 1. The van der Waals surface area contributed by atoms with Gasteiger partial charge in [-0.25, -0.2) is 0 Å². The van der Waals surface area contributed by atoms with Crippen LogP contribution in [0.25, 0.3) is 10.9 Å². The summed E-state index contributed by atoms with van der Waals surface area (Å²) in [6.07, 6.45) is 4.60. The SMILES string of the molecule is CCCN(CCC)C(=O)Cc1cn(Cc2ccccc2Br)c2ccccc12. The summed E-state index contributed by atoms with van der Waals surface area (Å²) in [7, 11) is 0. The lowest BCUT2D eigenvalue weighted by Crippen LogP contribution is -2.33. The van der Waals surface area contributed by atoms with E-state index in [4.69, 9.17) is 0 Å². The maximum Gasteiger partial charge on any atom is 0.227 e. The van der Waals surface area contributed by atoms with E-state index in [0.717, 1.165) is 42.5 Å². The molecular formula is C23H27BrN2O. The third-order valence-electron chi connectivity index (χ3n) is 4.85. The number of para-hydroxylation sites is 1. The highest BCUT2D eigenvalue weighted by atomic mass is 79.9. The van der Waals surface area contributed by atoms with Crippen LogP contribution in [0.2, 0.25) is 0 Å². The van der Waals surface area contributed by atoms with Gasteiger partial charge in [-0.2, -0.15) is 0 Å². The predicted molar refractivity (Wildman–Crippen MR) is 116 cm³/mol. The van der Waals surface area contributed by atoms with E-state index in [-0.39, 0.29) is 5.91 Å². The van der Waals surface area contributed by atoms with Gasteiger partial charge in [0.1, 0.15) is 0 Å². The van der Waals surface area contributed by atoms with E-state index in [2.05, 4.69) is 83.0 Å². The molecule has 0 unspecified atom stereocenters. The van der Waals surface area contributed by atoms with E-state index in [0.29, 0.717) is 6.42 Å². The average Bonchev–Trinajstić information content (AvgIpc) is 3.01. The highest BCUT2D eigenvalue weighted by molar-refractivity contribution is 9.10. The molecule has 1 aromatic heterocycles. The number of nitrogens with zero attached hydrogens (tertiary/aromatic N) is 2. The fourth-order valence-corrected chi connectivity index (χ4v) is 3.99. The van der Waals surface area contributed by atoms with Gasteiger partial charge in [0.2, 0.25) is 5.91 Å². The fourth-order valence-electron chi connectivity index (χ4n) is 3.58. The van der Waals surface area contributed by atoms with Crippen molar-refractivity contribution in [2.75, 3.05) is 13.1 Å². The molecule has 2 aromatic carbocycles. The lowest BCUT2D eigenvalue weighted by Gasteiger charge is -2.21.